The first kappa shape index (κ1) is 23.4. The Bertz CT molecular complexity index is 849. The van der Waals surface area contributed by atoms with E-state index in [1.165, 1.54) is 12.8 Å². The fraction of sp³-hybridized carbons (Fsp3) is 0.455. The molecule has 0 amide bonds. The van der Waals surface area contributed by atoms with Gasteiger partial charge in [0, 0.05) is 49.6 Å². The molecule has 2 aliphatic heterocycles. The molecule has 173 valence electrons. The number of H-pyrrole nitrogens is 4. The maximum absolute atomic E-state index is 4.78. The first-order chi connectivity index (χ1) is 15.9. The van der Waals surface area contributed by atoms with E-state index in [1.807, 2.05) is 24.8 Å². The standard InChI is InChI=1S/2C11H14N5.Mn/c2*1-2-8(10-12-4-5-13-10)16-9(3-1)11-14-6-7-15-11;/h2*4-9H,1-3H2,(H,12,13)(H,14,15);/q2*-1;+2. The van der Waals surface area contributed by atoms with E-state index in [0.29, 0.717) is 0 Å². The largest absolute Gasteiger partial charge is 2.00 e. The van der Waals surface area contributed by atoms with Gasteiger partial charge < -0.3 is 30.6 Å². The van der Waals surface area contributed by atoms with Gasteiger partial charge in [-0.25, -0.2) is 19.9 Å². The molecule has 2 saturated heterocycles. The average molecular weight is 487 g/mol. The van der Waals surface area contributed by atoms with Gasteiger partial charge in [-0.1, -0.05) is 62.7 Å². The predicted molar refractivity (Wildman–Crippen MR) is 120 cm³/mol. The molecule has 4 atom stereocenters. The summed E-state index contributed by atoms with van der Waals surface area (Å²) in [5.74, 6) is 3.88. The second kappa shape index (κ2) is 11.4. The van der Waals surface area contributed by atoms with Crippen molar-refractivity contribution in [2.75, 3.05) is 0 Å². The second-order valence-electron chi connectivity index (χ2n) is 8.12. The predicted octanol–water partition coefficient (Wildman–Crippen LogP) is 4.94. The van der Waals surface area contributed by atoms with Crippen LogP contribution in [0, 0.1) is 0 Å². The Morgan fingerprint density at radius 2 is 0.788 bits per heavy atom. The molecular formula is C22H28MnN10. The number of rotatable bonds is 4. The summed E-state index contributed by atoms with van der Waals surface area (Å²) >= 11 is 0. The van der Waals surface area contributed by atoms with Gasteiger partial charge in [0.05, 0.1) is 23.3 Å². The van der Waals surface area contributed by atoms with Crippen molar-refractivity contribution in [3.63, 3.8) is 0 Å². The first-order valence-corrected chi connectivity index (χ1v) is 11.2. The number of hydrogen-bond acceptors (Lipinski definition) is 4. The molecule has 0 spiro atoms. The molecule has 6 heterocycles. The fourth-order valence-electron chi connectivity index (χ4n) is 4.41. The molecule has 11 heteroatoms. The summed E-state index contributed by atoms with van der Waals surface area (Å²) in [6.07, 6.45) is 21.1. The van der Waals surface area contributed by atoms with Crippen LogP contribution in [-0.4, -0.2) is 39.9 Å². The Kier molecular flexibility index (Phi) is 8.11. The smallest absolute Gasteiger partial charge is 0.644 e. The molecule has 33 heavy (non-hydrogen) atoms. The van der Waals surface area contributed by atoms with Crippen molar-refractivity contribution in [1.29, 1.82) is 0 Å². The van der Waals surface area contributed by atoms with E-state index in [2.05, 4.69) is 39.9 Å². The zero-order valence-corrected chi connectivity index (χ0v) is 19.4. The SMILES string of the molecule is [Mn+2].c1c[nH]c(C2CCCC(c3ncc[nH]3)[N-]2)n1.c1c[nH]c(C2CCCC(c3ncc[nH]3)[N-]2)n1. The summed E-state index contributed by atoms with van der Waals surface area (Å²) in [5.41, 5.74) is 0. The summed E-state index contributed by atoms with van der Waals surface area (Å²) in [6, 6.07) is 0.774. The third kappa shape index (κ3) is 5.80. The third-order valence-corrected chi connectivity index (χ3v) is 5.97. The average Bonchev–Trinajstić information content (AvgIpc) is 3.68. The zero-order valence-electron chi connectivity index (χ0n) is 18.2. The van der Waals surface area contributed by atoms with E-state index in [-0.39, 0.29) is 41.2 Å². The van der Waals surface area contributed by atoms with E-state index >= 15 is 0 Å². The molecule has 2 fully saturated rings. The van der Waals surface area contributed by atoms with Gasteiger partial charge in [-0.3, -0.25) is 0 Å². The molecule has 0 aliphatic carbocycles. The van der Waals surface area contributed by atoms with Gasteiger partial charge in [-0.2, -0.15) is 0 Å². The minimum absolute atomic E-state index is 0. The van der Waals surface area contributed by atoms with E-state index < -0.39 is 0 Å². The van der Waals surface area contributed by atoms with Gasteiger partial charge in [0.2, 0.25) is 0 Å². The van der Waals surface area contributed by atoms with E-state index in [9.17, 15) is 0 Å². The Balaban J connectivity index is 0.000000152. The minimum atomic E-state index is 0. The molecule has 10 nitrogen and oxygen atoms in total. The molecule has 0 saturated carbocycles. The Morgan fingerprint density at radius 1 is 0.515 bits per heavy atom. The maximum atomic E-state index is 4.78. The molecule has 4 aromatic rings. The van der Waals surface area contributed by atoms with Crippen molar-refractivity contribution in [3.05, 3.63) is 83.5 Å². The zero-order chi connectivity index (χ0) is 21.6. The summed E-state index contributed by atoms with van der Waals surface area (Å²) in [6.45, 7) is 0. The monoisotopic (exact) mass is 487 g/mol. The first-order valence-electron chi connectivity index (χ1n) is 11.2. The Morgan fingerprint density at radius 3 is 1.00 bits per heavy atom. The van der Waals surface area contributed by atoms with Gasteiger partial charge in [-0.05, 0) is 0 Å². The van der Waals surface area contributed by atoms with Gasteiger partial charge in [0.25, 0.3) is 0 Å². The van der Waals surface area contributed by atoms with Crippen LogP contribution < -0.4 is 0 Å². The quantitative estimate of drug-likeness (QED) is 0.302. The van der Waals surface area contributed by atoms with E-state index in [1.54, 1.807) is 24.8 Å². The molecule has 4 unspecified atom stereocenters. The Labute approximate surface area is 203 Å². The normalized spacial score (nSPS) is 25.0. The van der Waals surface area contributed by atoms with Crippen molar-refractivity contribution in [2.24, 2.45) is 0 Å². The molecule has 0 aromatic carbocycles. The molecule has 1 radical (unpaired) electrons. The minimum Gasteiger partial charge on any atom is -0.644 e. The third-order valence-electron chi connectivity index (χ3n) is 5.97. The van der Waals surface area contributed by atoms with Crippen molar-refractivity contribution in [1.82, 2.24) is 39.9 Å². The van der Waals surface area contributed by atoms with Gasteiger partial charge >= 0.3 is 17.1 Å². The van der Waals surface area contributed by atoms with Crippen molar-refractivity contribution in [3.8, 4) is 0 Å². The van der Waals surface area contributed by atoms with Crippen molar-refractivity contribution < 1.29 is 17.1 Å². The fourth-order valence-corrected chi connectivity index (χ4v) is 4.41. The van der Waals surface area contributed by atoms with Gasteiger partial charge in [0.1, 0.15) is 0 Å². The summed E-state index contributed by atoms with van der Waals surface area (Å²) in [5, 5.41) is 9.56. The number of aromatic nitrogens is 8. The number of aromatic amines is 4. The van der Waals surface area contributed by atoms with Crippen LogP contribution in [0.25, 0.3) is 10.6 Å². The molecule has 0 bridgehead atoms. The van der Waals surface area contributed by atoms with Crippen LogP contribution in [0.3, 0.4) is 0 Å². The van der Waals surface area contributed by atoms with Gasteiger partial charge in [0.15, 0.2) is 0 Å². The van der Waals surface area contributed by atoms with E-state index in [4.69, 9.17) is 10.6 Å². The summed E-state index contributed by atoms with van der Waals surface area (Å²) in [7, 11) is 0. The molecule has 2 aliphatic rings. The van der Waals surface area contributed by atoms with Gasteiger partial charge in [-0.15, -0.1) is 0 Å². The van der Waals surface area contributed by atoms with Crippen LogP contribution in [0.2, 0.25) is 0 Å². The number of imidazole rings is 4. The Hall–Kier alpha value is -2.72. The van der Waals surface area contributed by atoms with Crippen LogP contribution >= 0.6 is 0 Å². The number of nitrogens with zero attached hydrogens (tertiary/aromatic N) is 6. The summed E-state index contributed by atoms with van der Waals surface area (Å²) < 4.78 is 0. The van der Waals surface area contributed by atoms with Crippen LogP contribution in [-0.2, 0) is 17.1 Å². The van der Waals surface area contributed by atoms with Crippen LogP contribution in [0.4, 0.5) is 0 Å². The van der Waals surface area contributed by atoms with E-state index in [0.717, 1.165) is 49.0 Å². The molecule has 4 aromatic heterocycles. The van der Waals surface area contributed by atoms with Crippen molar-refractivity contribution in [2.45, 2.75) is 62.7 Å². The maximum Gasteiger partial charge on any atom is 2.00 e. The molecular weight excluding hydrogens is 459 g/mol. The number of piperidine rings is 2. The van der Waals surface area contributed by atoms with Crippen molar-refractivity contribution >= 4 is 0 Å². The molecule has 4 N–H and O–H groups in total. The second-order valence-corrected chi connectivity index (χ2v) is 8.12. The molecule has 6 rings (SSSR count). The van der Waals surface area contributed by atoms with Crippen LogP contribution in [0.5, 0.6) is 0 Å². The number of hydrogen-bond donors (Lipinski definition) is 4. The summed E-state index contributed by atoms with van der Waals surface area (Å²) in [4.78, 5) is 29.7. The van der Waals surface area contributed by atoms with Crippen LogP contribution in [0.15, 0.2) is 49.6 Å². The number of nitrogens with one attached hydrogen (secondary N) is 4. The topological polar surface area (TPSA) is 143 Å². The van der Waals surface area contributed by atoms with Crippen LogP contribution in [0.1, 0.15) is 86.0 Å².